The van der Waals surface area contributed by atoms with Crippen LogP contribution in [0.2, 0.25) is 0 Å². The van der Waals surface area contributed by atoms with Gasteiger partial charge in [0.1, 0.15) is 11.4 Å². The number of halogens is 1. The zero-order valence-electron chi connectivity index (χ0n) is 27.8. The molecule has 0 saturated carbocycles. The van der Waals surface area contributed by atoms with Crippen molar-refractivity contribution < 1.29 is 28.3 Å². The van der Waals surface area contributed by atoms with E-state index < -0.39 is 29.6 Å². The number of benzene rings is 3. The lowest BCUT2D eigenvalue weighted by Gasteiger charge is -2.19. The minimum absolute atomic E-state index is 0.0190. The predicted molar refractivity (Wildman–Crippen MR) is 181 cm³/mol. The summed E-state index contributed by atoms with van der Waals surface area (Å²) in [5, 5.41) is 5.22. The monoisotopic (exact) mass is 640 g/mol. The summed E-state index contributed by atoms with van der Waals surface area (Å²) in [5.41, 5.74) is 8.08. The first-order valence-corrected chi connectivity index (χ1v) is 15.4. The van der Waals surface area contributed by atoms with E-state index in [-0.39, 0.29) is 35.6 Å². The average molecular weight is 641 g/mol. The molecule has 0 bridgehead atoms. The third kappa shape index (κ3) is 9.23. The molecular formula is C37H41FN4O5. The number of amides is 2. The third-order valence-corrected chi connectivity index (χ3v) is 7.51. The number of allylic oxidation sites excluding steroid dienone is 3. The van der Waals surface area contributed by atoms with Gasteiger partial charge >= 0.3 is 6.09 Å². The molecule has 3 aromatic carbocycles. The summed E-state index contributed by atoms with van der Waals surface area (Å²) >= 11 is 0. The van der Waals surface area contributed by atoms with Gasteiger partial charge in [0.25, 0.3) is 5.91 Å². The van der Waals surface area contributed by atoms with Crippen LogP contribution in [0.25, 0.3) is 5.57 Å². The number of rotatable bonds is 10. The van der Waals surface area contributed by atoms with Crippen LogP contribution in [0.3, 0.4) is 0 Å². The Kier molecular flexibility index (Phi) is 11.1. The standard InChI is InChI=1S/C37H41FN4O5/c1-8-25(27-12-9-22(2)23(3)19-27)21-30(34(44)39-7)32(43)18-11-24-10-17-29(31(38)20-24)33-41-35(47-42-33)26-13-15-28(16-14-26)40-36(45)46-37(4,5)6/h8-10,12-17,19-21,35H,11,18H2,1-7H3,(H,39,44)(H,40,45)(H,41,42)/b25-8+,30-21+. The van der Waals surface area contributed by atoms with Crippen molar-refractivity contribution in [2.75, 3.05) is 12.4 Å². The van der Waals surface area contributed by atoms with E-state index in [1.54, 1.807) is 63.2 Å². The molecule has 0 spiro atoms. The van der Waals surface area contributed by atoms with Crippen molar-refractivity contribution in [3.05, 3.63) is 118 Å². The minimum Gasteiger partial charge on any atom is -0.444 e. The molecule has 1 heterocycles. The molecule has 0 saturated heterocycles. The van der Waals surface area contributed by atoms with Crippen LogP contribution >= 0.6 is 0 Å². The second kappa shape index (κ2) is 15.0. The fourth-order valence-electron chi connectivity index (χ4n) is 4.82. The molecule has 0 fully saturated rings. The van der Waals surface area contributed by atoms with Crippen molar-refractivity contribution >= 4 is 34.9 Å². The molecule has 1 aliphatic rings. The maximum absolute atomic E-state index is 15.3. The number of likely N-dealkylation sites (N-methyl/N-ethyl adjacent to an activating group) is 1. The molecular weight excluding hydrogens is 599 g/mol. The van der Waals surface area contributed by atoms with Gasteiger partial charge in [-0.2, -0.15) is 0 Å². The van der Waals surface area contributed by atoms with E-state index in [4.69, 9.17) is 9.57 Å². The van der Waals surface area contributed by atoms with Crippen molar-refractivity contribution in [2.45, 2.75) is 66.2 Å². The van der Waals surface area contributed by atoms with Gasteiger partial charge in [0.05, 0.1) is 11.1 Å². The lowest BCUT2D eigenvalue weighted by molar-refractivity contribution is -0.122. The Morgan fingerprint density at radius 2 is 1.74 bits per heavy atom. The van der Waals surface area contributed by atoms with Crippen molar-refractivity contribution in [2.24, 2.45) is 4.99 Å². The average Bonchev–Trinajstić information content (AvgIpc) is 3.51. The number of ether oxygens (including phenoxy) is 1. The van der Waals surface area contributed by atoms with Crippen LogP contribution in [0, 0.1) is 19.7 Å². The highest BCUT2D eigenvalue weighted by Crippen LogP contribution is 2.26. The molecule has 3 aromatic rings. The van der Waals surface area contributed by atoms with Crippen molar-refractivity contribution in [3.63, 3.8) is 0 Å². The van der Waals surface area contributed by atoms with Gasteiger partial charge in [0, 0.05) is 24.7 Å². The fourth-order valence-corrected chi connectivity index (χ4v) is 4.82. The maximum atomic E-state index is 15.3. The summed E-state index contributed by atoms with van der Waals surface area (Å²) in [7, 11) is 1.48. The summed E-state index contributed by atoms with van der Waals surface area (Å²) in [6.07, 6.45) is 2.44. The summed E-state index contributed by atoms with van der Waals surface area (Å²) in [5.74, 6) is -1.13. The lowest BCUT2D eigenvalue weighted by Crippen LogP contribution is -2.27. The number of amidine groups is 1. The van der Waals surface area contributed by atoms with Gasteiger partial charge in [0.2, 0.25) is 6.23 Å². The highest BCUT2D eigenvalue weighted by Gasteiger charge is 2.24. The zero-order chi connectivity index (χ0) is 34.3. The first-order valence-electron chi connectivity index (χ1n) is 15.4. The molecule has 9 nitrogen and oxygen atoms in total. The van der Waals surface area contributed by atoms with Crippen molar-refractivity contribution in [3.8, 4) is 0 Å². The molecule has 246 valence electrons. The Morgan fingerprint density at radius 3 is 2.36 bits per heavy atom. The molecule has 0 aromatic heterocycles. The Hall–Kier alpha value is -5.09. The van der Waals surface area contributed by atoms with Crippen molar-refractivity contribution in [1.82, 2.24) is 10.8 Å². The predicted octanol–water partition coefficient (Wildman–Crippen LogP) is 7.05. The van der Waals surface area contributed by atoms with Crippen LogP contribution in [0.15, 0.2) is 83.4 Å². The van der Waals surface area contributed by atoms with E-state index in [1.165, 1.54) is 13.1 Å². The number of nitrogens with zero attached hydrogens (tertiary/aromatic N) is 1. The number of carbonyl (C=O) groups is 3. The summed E-state index contributed by atoms with van der Waals surface area (Å²) < 4.78 is 20.5. The fraction of sp³-hybridized carbons (Fsp3) is 0.297. The highest BCUT2D eigenvalue weighted by molar-refractivity contribution is 6.20. The number of hydrogen-bond acceptors (Lipinski definition) is 7. The zero-order valence-corrected chi connectivity index (χ0v) is 27.8. The van der Waals surface area contributed by atoms with E-state index in [9.17, 15) is 14.4 Å². The number of aryl methyl sites for hydroxylation is 3. The Balaban J connectivity index is 1.42. The van der Waals surface area contributed by atoms with Crippen LogP contribution in [-0.2, 0) is 25.6 Å². The van der Waals surface area contributed by atoms with Crippen LogP contribution < -0.4 is 16.1 Å². The number of ketones is 1. The van der Waals surface area contributed by atoms with Gasteiger partial charge < -0.3 is 10.1 Å². The van der Waals surface area contributed by atoms with Gasteiger partial charge in [-0.05, 0) is 106 Å². The van der Waals surface area contributed by atoms with Gasteiger partial charge in [0.15, 0.2) is 11.6 Å². The van der Waals surface area contributed by atoms with E-state index in [0.717, 1.165) is 22.3 Å². The number of anilines is 1. The number of aliphatic imine (C=N–C) groups is 1. The molecule has 4 rings (SSSR count). The Morgan fingerprint density at radius 1 is 1.02 bits per heavy atom. The minimum atomic E-state index is -0.724. The Labute approximate surface area is 274 Å². The molecule has 1 unspecified atom stereocenters. The van der Waals surface area contributed by atoms with Gasteiger partial charge in [-0.3, -0.25) is 14.9 Å². The number of carbonyl (C=O) groups excluding carboxylic acids is 3. The van der Waals surface area contributed by atoms with Crippen LogP contribution in [0.5, 0.6) is 0 Å². The van der Waals surface area contributed by atoms with E-state index in [0.29, 0.717) is 16.8 Å². The van der Waals surface area contributed by atoms with E-state index >= 15 is 4.39 Å². The van der Waals surface area contributed by atoms with Gasteiger partial charge in [-0.15, -0.1) is 0 Å². The molecule has 1 aliphatic heterocycles. The summed E-state index contributed by atoms with van der Waals surface area (Å²) in [6.45, 7) is 11.2. The SMILES string of the molecule is C/C=C(\C=C(/C(=O)CCc1ccc(C2=NC(c3ccc(NC(=O)OC(C)(C)C)cc3)ON2)c(F)c1)C(=O)NC)c1ccc(C)c(C)c1. The summed E-state index contributed by atoms with van der Waals surface area (Å²) in [6, 6.07) is 17.5. The largest absolute Gasteiger partial charge is 0.444 e. The quantitative estimate of drug-likeness (QED) is 0.0947. The Bertz CT molecular complexity index is 1750. The highest BCUT2D eigenvalue weighted by atomic mass is 19.1. The van der Waals surface area contributed by atoms with Crippen LogP contribution in [0.1, 0.15) is 73.7 Å². The smallest absolute Gasteiger partial charge is 0.412 e. The molecule has 0 radical (unpaired) electrons. The van der Waals surface area contributed by atoms with Gasteiger partial charge in [-0.25, -0.2) is 24.5 Å². The molecule has 47 heavy (non-hydrogen) atoms. The second-order valence-electron chi connectivity index (χ2n) is 12.2. The molecule has 10 heteroatoms. The first kappa shape index (κ1) is 34.8. The molecule has 1 atom stereocenters. The van der Waals surface area contributed by atoms with Crippen molar-refractivity contribution in [1.29, 1.82) is 0 Å². The normalized spacial score (nSPS) is 15.1. The maximum Gasteiger partial charge on any atom is 0.412 e. The number of nitrogens with one attached hydrogen (secondary N) is 3. The second-order valence-corrected chi connectivity index (χ2v) is 12.2. The van der Waals surface area contributed by atoms with E-state index in [2.05, 4.69) is 21.1 Å². The molecule has 2 amide bonds. The van der Waals surface area contributed by atoms with E-state index in [1.807, 2.05) is 45.0 Å². The topological polar surface area (TPSA) is 118 Å². The first-order chi connectivity index (χ1) is 22.3. The third-order valence-electron chi connectivity index (χ3n) is 7.51. The molecule has 3 N–H and O–H groups in total. The lowest BCUT2D eigenvalue weighted by atomic mass is 9.95. The van der Waals surface area contributed by atoms with Gasteiger partial charge in [-0.1, -0.05) is 42.5 Å². The number of hydroxylamine groups is 1. The number of Topliss-reactive ketones (excluding diaryl/α,β-unsaturated/α-hetero) is 1. The van der Waals surface area contributed by atoms with Crippen LogP contribution in [-0.4, -0.2) is 36.3 Å². The van der Waals surface area contributed by atoms with Crippen LogP contribution in [0.4, 0.5) is 14.9 Å². The summed E-state index contributed by atoms with van der Waals surface area (Å²) in [4.78, 5) is 48.0. The molecule has 0 aliphatic carbocycles. The number of hydrogen-bond donors (Lipinski definition) is 3.